The van der Waals surface area contributed by atoms with Crippen molar-refractivity contribution in [1.82, 2.24) is 0 Å². The Morgan fingerprint density at radius 1 is 0.525 bits per heavy atom. The first kappa shape index (κ1) is 56.5. The predicted octanol–water partition coefficient (Wildman–Crippen LogP) is 13.8. The standard InChI is InChI=1S/C49H86NO8P/c1-3-5-7-9-11-13-15-17-19-21-23-25-27-29-31-33-35-37-39-41-48(51)55-45-47(46-57-59(53,54)56-44-43-50)58-49(52)42-40-38-36-34-32-30-28-26-24-22-20-18-16-14-12-10-8-6-4-2/h6,8,12,14,17-20,24,26,30,32,47H,3-5,7,9-11,13,15-16,21-23,25,27-29,31,33-46,50H2,1-2H3,(H,53,54)/t47-/m1/s1. The third-order valence-electron chi connectivity index (χ3n) is 9.58. The molecule has 340 valence electrons. The number of allylic oxidation sites excluding steroid dienone is 12. The summed E-state index contributed by atoms with van der Waals surface area (Å²) in [6.07, 6.45) is 55.0. The van der Waals surface area contributed by atoms with Gasteiger partial charge in [0.25, 0.3) is 0 Å². The van der Waals surface area contributed by atoms with Crippen LogP contribution in [0.25, 0.3) is 0 Å². The lowest BCUT2D eigenvalue weighted by molar-refractivity contribution is -0.161. The van der Waals surface area contributed by atoms with Crippen LogP contribution in [0.3, 0.4) is 0 Å². The fourth-order valence-corrected chi connectivity index (χ4v) is 6.89. The minimum absolute atomic E-state index is 0.0441. The molecule has 0 aromatic heterocycles. The van der Waals surface area contributed by atoms with Gasteiger partial charge in [-0.2, -0.15) is 0 Å². The van der Waals surface area contributed by atoms with Gasteiger partial charge < -0.3 is 20.1 Å². The summed E-state index contributed by atoms with van der Waals surface area (Å²) in [5.41, 5.74) is 5.35. The molecule has 0 heterocycles. The van der Waals surface area contributed by atoms with Crippen LogP contribution in [0.2, 0.25) is 0 Å². The summed E-state index contributed by atoms with van der Waals surface area (Å²) in [6, 6.07) is 0. The molecule has 0 aliphatic carbocycles. The molecule has 10 heteroatoms. The van der Waals surface area contributed by atoms with Crippen molar-refractivity contribution < 1.29 is 37.6 Å². The number of carbonyl (C=O) groups is 2. The summed E-state index contributed by atoms with van der Waals surface area (Å²) in [5.74, 6) is -0.871. The average Bonchev–Trinajstić information content (AvgIpc) is 3.22. The molecule has 0 saturated carbocycles. The number of ether oxygens (including phenoxy) is 2. The van der Waals surface area contributed by atoms with E-state index < -0.39 is 32.5 Å². The lowest BCUT2D eigenvalue weighted by Crippen LogP contribution is -2.29. The van der Waals surface area contributed by atoms with Crippen LogP contribution in [-0.4, -0.2) is 49.3 Å². The van der Waals surface area contributed by atoms with Gasteiger partial charge in [-0.25, -0.2) is 4.57 Å². The number of carbonyl (C=O) groups excluding carboxylic acids is 2. The monoisotopic (exact) mass is 848 g/mol. The summed E-state index contributed by atoms with van der Waals surface area (Å²) in [6.45, 7) is 3.57. The summed E-state index contributed by atoms with van der Waals surface area (Å²) < 4.78 is 32.8. The van der Waals surface area contributed by atoms with Crippen molar-refractivity contribution in [3.8, 4) is 0 Å². The van der Waals surface area contributed by atoms with E-state index in [0.717, 1.165) is 70.6 Å². The molecule has 0 amide bonds. The molecule has 59 heavy (non-hydrogen) atoms. The molecule has 0 spiro atoms. The number of hydrogen-bond donors (Lipinski definition) is 2. The summed E-state index contributed by atoms with van der Waals surface area (Å²) >= 11 is 0. The number of phosphoric ester groups is 1. The van der Waals surface area contributed by atoms with Crippen LogP contribution < -0.4 is 5.73 Å². The van der Waals surface area contributed by atoms with E-state index >= 15 is 0 Å². The van der Waals surface area contributed by atoms with E-state index in [9.17, 15) is 19.0 Å². The van der Waals surface area contributed by atoms with Gasteiger partial charge in [-0.3, -0.25) is 18.6 Å². The van der Waals surface area contributed by atoms with Crippen molar-refractivity contribution in [2.75, 3.05) is 26.4 Å². The first-order chi connectivity index (χ1) is 28.8. The topological polar surface area (TPSA) is 134 Å². The molecule has 0 saturated heterocycles. The highest BCUT2D eigenvalue weighted by molar-refractivity contribution is 7.47. The Morgan fingerprint density at radius 3 is 1.42 bits per heavy atom. The molecule has 0 radical (unpaired) electrons. The number of rotatable bonds is 43. The zero-order valence-corrected chi connectivity index (χ0v) is 38.4. The normalized spacial score (nSPS) is 13.9. The molecule has 0 aliphatic heterocycles. The number of hydrogen-bond acceptors (Lipinski definition) is 8. The molecular formula is C49H86NO8P. The van der Waals surface area contributed by atoms with Crippen LogP contribution in [0.4, 0.5) is 0 Å². The maximum absolute atomic E-state index is 12.6. The van der Waals surface area contributed by atoms with Crippen molar-refractivity contribution in [1.29, 1.82) is 0 Å². The van der Waals surface area contributed by atoms with E-state index in [1.54, 1.807) is 0 Å². The van der Waals surface area contributed by atoms with E-state index in [4.69, 9.17) is 24.3 Å². The third kappa shape index (κ3) is 44.8. The van der Waals surface area contributed by atoms with Crippen molar-refractivity contribution in [2.24, 2.45) is 5.73 Å². The summed E-state index contributed by atoms with van der Waals surface area (Å²) in [5, 5.41) is 0. The Bertz CT molecular complexity index is 1190. The minimum atomic E-state index is -4.39. The first-order valence-corrected chi connectivity index (χ1v) is 24.9. The molecule has 0 rings (SSSR count). The van der Waals surface area contributed by atoms with Gasteiger partial charge in [0.1, 0.15) is 6.61 Å². The van der Waals surface area contributed by atoms with Gasteiger partial charge in [0.15, 0.2) is 6.10 Å². The predicted molar refractivity (Wildman–Crippen MR) is 247 cm³/mol. The molecule has 9 nitrogen and oxygen atoms in total. The molecule has 0 aromatic rings. The molecule has 3 N–H and O–H groups in total. The maximum Gasteiger partial charge on any atom is 0.472 e. The van der Waals surface area contributed by atoms with Crippen molar-refractivity contribution >= 4 is 19.8 Å². The van der Waals surface area contributed by atoms with Crippen LogP contribution in [0.15, 0.2) is 72.9 Å². The quantitative estimate of drug-likeness (QED) is 0.0266. The molecule has 0 aliphatic rings. The first-order valence-electron chi connectivity index (χ1n) is 23.4. The second kappa shape index (κ2) is 45.0. The van der Waals surface area contributed by atoms with Gasteiger partial charge in [0.05, 0.1) is 13.2 Å². The minimum Gasteiger partial charge on any atom is -0.462 e. The Balaban J connectivity index is 4.18. The van der Waals surface area contributed by atoms with Crippen molar-refractivity contribution in [3.63, 3.8) is 0 Å². The van der Waals surface area contributed by atoms with Crippen molar-refractivity contribution in [3.05, 3.63) is 72.9 Å². The lowest BCUT2D eigenvalue weighted by Gasteiger charge is -2.19. The molecule has 0 aromatic carbocycles. The van der Waals surface area contributed by atoms with E-state index in [-0.39, 0.29) is 32.6 Å². The Morgan fingerprint density at radius 2 is 0.932 bits per heavy atom. The summed E-state index contributed by atoms with van der Waals surface area (Å²) in [4.78, 5) is 35.0. The Labute approximate surface area is 361 Å². The molecule has 0 bridgehead atoms. The van der Waals surface area contributed by atoms with Crippen LogP contribution in [0.5, 0.6) is 0 Å². The SMILES string of the molecule is CCC=CCC=CCC=CCC=CCC=CCCCCCC(=O)O[C@H](COC(=O)CCCCCCCCCCCC=CCCCCCCCC)COP(=O)(O)OCCN. The smallest absolute Gasteiger partial charge is 0.462 e. The Hall–Kier alpha value is -2.55. The maximum atomic E-state index is 12.6. The van der Waals surface area contributed by atoms with Gasteiger partial charge in [-0.15, -0.1) is 0 Å². The molecule has 0 fully saturated rings. The summed E-state index contributed by atoms with van der Waals surface area (Å²) in [7, 11) is -4.39. The fourth-order valence-electron chi connectivity index (χ4n) is 6.13. The third-order valence-corrected chi connectivity index (χ3v) is 10.6. The van der Waals surface area contributed by atoms with Gasteiger partial charge in [0.2, 0.25) is 0 Å². The number of phosphoric acid groups is 1. The van der Waals surface area contributed by atoms with E-state index in [1.165, 1.54) is 89.9 Å². The van der Waals surface area contributed by atoms with E-state index in [1.807, 2.05) is 0 Å². The van der Waals surface area contributed by atoms with Crippen LogP contribution in [0, 0.1) is 0 Å². The van der Waals surface area contributed by atoms with Gasteiger partial charge in [0, 0.05) is 19.4 Å². The van der Waals surface area contributed by atoms with E-state index in [2.05, 4.69) is 86.8 Å². The van der Waals surface area contributed by atoms with Gasteiger partial charge in [-0.05, 0) is 83.5 Å². The fraction of sp³-hybridized carbons (Fsp3) is 0.714. The zero-order chi connectivity index (χ0) is 43.2. The van der Waals surface area contributed by atoms with Gasteiger partial charge >= 0.3 is 19.8 Å². The molecular weight excluding hydrogens is 762 g/mol. The highest BCUT2D eigenvalue weighted by Gasteiger charge is 2.26. The molecule has 1 unspecified atom stereocenters. The van der Waals surface area contributed by atoms with E-state index in [0.29, 0.717) is 6.42 Å². The largest absolute Gasteiger partial charge is 0.472 e. The second-order valence-corrected chi connectivity index (χ2v) is 16.7. The van der Waals surface area contributed by atoms with Crippen LogP contribution in [-0.2, 0) is 32.7 Å². The molecule has 2 atom stereocenters. The van der Waals surface area contributed by atoms with Crippen LogP contribution >= 0.6 is 7.82 Å². The second-order valence-electron chi connectivity index (χ2n) is 15.2. The average molecular weight is 848 g/mol. The Kier molecular flexibility index (Phi) is 43.0. The lowest BCUT2D eigenvalue weighted by atomic mass is 10.1. The highest BCUT2D eigenvalue weighted by Crippen LogP contribution is 2.43. The number of esters is 2. The highest BCUT2D eigenvalue weighted by atomic mass is 31.2. The zero-order valence-electron chi connectivity index (χ0n) is 37.5. The number of unbranched alkanes of at least 4 members (excludes halogenated alkanes) is 18. The number of nitrogens with two attached hydrogens (primary N) is 1. The van der Waals surface area contributed by atoms with Gasteiger partial charge in [-0.1, -0.05) is 170 Å². The van der Waals surface area contributed by atoms with Crippen LogP contribution in [0.1, 0.15) is 194 Å². The van der Waals surface area contributed by atoms with Crippen molar-refractivity contribution in [2.45, 2.75) is 200 Å².